The number of nitrogen functional groups attached to an aromatic ring is 1. The molecule has 0 radical (unpaired) electrons. The normalized spacial score (nSPS) is 14.7. The lowest BCUT2D eigenvalue weighted by Gasteiger charge is -2.27. The van der Waals surface area contributed by atoms with Gasteiger partial charge < -0.3 is 15.6 Å². The number of nitrogens with one attached hydrogen (secondary N) is 2. The topological polar surface area (TPSA) is 153 Å². The molecule has 0 fully saturated rings. The van der Waals surface area contributed by atoms with Crippen LogP contribution in [-0.4, -0.2) is 42.1 Å². The number of nitrogens with zero attached hydrogens (tertiary/aromatic N) is 5. The zero-order valence-electron chi connectivity index (χ0n) is 22.4. The van der Waals surface area contributed by atoms with E-state index in [0.717, 1.165) is 66.8 Å². The lowest BCUT2D eigenvalue weighted by atomic mass is 9.79. The third-order valence-corrected chi connectivity index (χ3v) is 8.01. The quantitative estimate of drug-likeness (QED) is 0.194. The van der Waals surface area contributed by atoms with E-state index in [1.54, 1.807) is 18.7 Å². The van der Waals surface area contributed by atoms with E-state index in [1.165, 1.54) is 0 Å². The number of pyridine rings is 1. The van der Waals surface area contributed by atoms with Crippen molar-refractivity contribution < 1.29 is 10.2 Å². The summed E-state index contributed by atoms with van der Waals surface area (Å²) in [5.41, 5.74) is 15.2. The number of rotatable bonds is 5. The molecule has 202 valence electrons. The van der Waals surface area contributed by atoms with E-state index < -0.39 is 0 Å². The fourth-order valence-electron chi connectivity index (χ4n) is 5.90. The van der Waals surface area contributed by atoms with Gasteiger partial charge in [-0.05, 0) is 78.9 Å². The summed E-state index contributed by atoms with van der Waals surface area (Å²) in [6.45, 7) is 0. The first-order chi connectivity index (χ1) is 20.0. The van der Waals surface area contributed by atoms with Crippen molar-refractivity contribution in [1.29, 1.82) is 0 Å². The average molecular weight is 543 g/mol. The van der Waals surface area contributed by atoms with E-state index in [1.807, 2.05) is 60.1 Å². The van der Waals surface area contributed by atoms with Crippen molar-refractivity contribution in [3.05, 3.63) is 83.8 Å². The molecular formula is C31H28N9O+. The summed E-state index contributed by atoms with van der Waals surface area (Å²) in [7, 11) is 1.90. The Hall–Kier alpha value is -5.38. The highest BCUT2D eigenvalue weighted by Gasteiger charge is 2.30. The second-order valence-corrected chi connectivity index (χ2v) is 10.5. The van der Waals surface area contributed by atoms with Gasteiger partial charge in [-0.25, -0.2) is 4.98 Å². The molecule has 0 aliphatic heterocycles. The number of aromatic nitrogens is 6. The van der Waals surface area contributed by atoms with Crippen molar-refractivity contribution in [2.45, 2.75) is 19.3 Å². The first-order valence-corrected chi connectivity index (χ1v) is 13.5. The number of benzene rings is 3. The van der Waals surface area contributed by atoms with Gasteiger partial charge in [-0.15, -0.1) is 10.2 Å². The minimum Gasteiger partial charge on any atom is -0.398 e. The molecule has 1 aliphatic rings. The minimum atomic E-state index is -0.220. The van der Waals surface area contributed by atoms with Gasteiger partial charge >= 0.3 is 0 Å². The fourth-order valence-corrected chi connectivity index (χ4v) is 5.90. The van der Waals surface area contributed by atoms with Crippen LogP contribution in [0.4, 0.5) is 11.4 Å². The van der Waals surface area contributed by atoms with E-state index in [-0.39, 0.29) is 11.8 Å². The van der Waals surface area contributed by atoms with Crippen molar-refractivity contribution >= 4 is 45.3 Å². The van der Waals surface area contributed by atoms with Gasteiger partial charge in [0, 0.05) is 46.2 Å². The second kappa shape index (κ2) is 9.67. The Bertz CT molecular complexity index is 1970. The van der Waals surface area contributed by atoms with Crippen molar-refractivity contribution in [2.24, 2.45) is 13.0 Å². The Morgan fingerprint density at radius 2 is 1.95 bits per heavy atom. The molecule has 3 heterocycles. The zero-order chi connectivity index (χ0) is 28.1. The largest absolute Gasteiger partial charge is 0.398 e. The SMILES string of the molecule is Cn1cnnc1-c1ccc(NC(=O)C2CCc3c(c(-c4ccc5[nH]ncc5c4)nc4ccc(N)c(C=[NH2+])c34)C2)cc1. The molecule has 6 N–H and O–H groups in total. The van der Waals surface area contributed by atoms with Gasteiger partial charge in [0.05, 0.1) is 28.5 Å². The van der Waals surface area contributed by atoms with Gasteiger partial charge in [-0.3, -0.25) is 15.3 Å². The third kappa shape index (κ3) is 4.20. The molecule has 41 heavy (non-hydrogen) atoms. The summed E-state index contributed by atoms with van der Waals surface area (Å²) in [4.78, 5) is 18.7. The van der Waals surface area contributed by atoms with E-state index >= 15 is 0 Å². The third-order valence-electron chi connectivity index (χ3n) is 8.01. The van der Waals surface area contributed by atoms with Crippen LogP contribution in [0.1, 0.15) is 23.1 Å². The van der Waals surface area contributed by atoms with E-state index in [0.29, 0.717) is 24.9 Å². The number of hydrogen-bond acceptors (Lipinski definition) is 6. The first-order valence-electron chi connectivity index (χ1n) is 13.5. The molecule has 1 aliphatic carbocycles. The summed E-state index contributed by atoms with van der Waals surface area (Å²) >= 11 is 0. The van der Waals surface area contributed by atoms with Gasteiger partial charge in [0.1, 0.15) is 6.33 Å². The molecule has 10 heteroatoms. The van der Waals surface area contributed by atoms with Gasteiger partial charge in [-0.2, -0.15) is 5.10 Å². The highest BCUT2D eigenvalue weighted by molar-refractivity contribution is 6.05. The molecule has 7 rings (SSSR count). The number of carbonyl (C=O) groups is 1. The molecule has 6 aromatic rings. The lowest BCUT2D eigenvalue weighted by Crippen LogP contribution is -2.31. The van der Waals surface area contributed by atoms with Crippen LogP contribution in [0.2, 0.25) is 0 Å². The van der Waals surface area contributed by atoms with Crippen molar-refractivity contribution in [3.8, 4) is 22.6 Å². The Labute approximate surface area is 235 Å². The lowest BCUT2D eigenvalue weighted by molar-refractivity contribution is -0.120. The molecule has 1 atom stereocenters. The van der Waals surface area contributed by atoms with Gasteiger partial charge in [0.25, 0.3) is 0 Å². The monoisotopic (exact) mass is 542 g/mol. The summed E-state index contributed by atoms with van der Waals surface area (Å²) in [6, 6.07) is 17.6. The average Bonchev–Trinajstić information content (AvgIpc) is 3.65. The molecule has 3 aromatic heterocycles. The van der Waals surface area contributed by atoms with Crippen LogP contribution < -0.4 is 16.5 Å². The number of amides is 1. The molecule has 3 aromatic carbocycles. The van der Waals surface area contributed by atoms with E-state index in [9.17, 15) is 4.79 Å². The first kappa shape index (κ1) is 24.6. The Kier molecular flexibility index (Phi) is 5.81. The number of nitrogens with two attached hydrogens (primary N) is 2. The number of hydrogen-bond donors (Lipinski definition) is 4. The number of H-pyrrole nitrogens is 1. The molecule has 0 saturated carbocycles. The van der Waals surface area contributed by atoms with Crippen LogP contribution in [-0.2, 0) is 24.7 Å². The highest BCUT2D eigenvalue weighted by Crippen LogP contribution is 2.39. The van der Waals surface area contributed by atoms with Crippen LogP contribution in [0, 0.1) is 5.92 Å². The number of carbonyl (C=O) groups excluding carboxylic acids is 1. The van der Waals surface area contributed by atoms with Gasteiger partial charge in [-0.1, -0.05) is 6.07 Å². The minimum absolute atomic E-state index is 0.0171. The molecule has 0 spiro atoms. The van der Waals surface area contributed by atoms with Crippen LogP contribution in [0.15, 0.2) is 67.1 Å². The standard InChI is InChI=1S/C31H27N9O/c1-40-16-35-39-30(40)17-2-6-21(7-3-17)36-31(41)19-4-8-22-23(13-19)29(18-5-10-26-20(12-18)15-34-38-26)37-27-11-9-25(33)24(14-32)28(22)27/h2-3,5-7,9-12,14-16,19,32H,4,8,13,33H2,1H3,(H,34,38)(H,36,41)/p+1. The second-order valence-electron chi connectivity index (χ2n) is 10.5. The number of aromatic amines is 1. The summed E-state index contributed by atoms with van der Waals surface area (Å²) in [6.07, 6.45) is 6.99. The van der Waals surface area contributed by atoms with Crippen molar-refractivity contribution in [1.82, 2.24) is 29.9 Å². The van der Waals surface area contributed by atoms with Crippen LogP contribution in [0.25, 0.3) is 44.5 Å². The molecule has 0 bridgehead atoms. The molecular weight excluding hydrogens is 514 g/mol. The predicted octanol–water partition coefficient (Wildman–Crippen LogP) is 3.08. The maximum atomic E-state index is 13.6. The molecule has 10 nitrogen and oxygen atoms in total. The van der Waals surface area contributed by atoms with E-state index in [4.69, 9.17) is 16.1 Å². The summed E-state index contributed by atoms with van der Waals surface area (Å²) < 4.78 is 1.86. The Morgan fingerprint density at radius 3 is 2.73 bits per heavy atom. The summed E-state index contributed by atoms with van der Waals surface area (Å²) in [5, 5.41) is 26.4. The van der Waals surface area contributed by atoms with E-state index in [2.05, 4.69) is 31.8 Å². The maximum absolute atomic E-state index is 13.6. The molecule has 0 saturated heterocycles. The van der Waals surface area contributed by atoms with Crippen molar-refractivity contribution in [3.63, 3.8) is 0 Å². The number of aryl methyl sites for hydroxylation is 2. The number of anilines is 2. The fraction of sp³-hybridized carbons (Fsp3) is 0.161. The predicted molar refractivity (Wildman–Crippen MR) is 159 cm³/mol. The Morgan fingerprint density at radius 1 is 1.12 bits per heavy atom. The highest BCUT2D eigenvalue weighted by atomic mass is 16.1. The maximum Gasteiger partial charge on any atom is 0.227 e. The van der Waals surface area contributed by atoms with Crippen LogP contribution >= 0.6 is 0 Å². The zero-order valence-corrected chi connectivity index (χ0v) is 22.4. The summed E-state index contributed by atoms with van der Waals surface area (Å²) in [5.74, 6) is 0.530. The molecule has 1 unspecified atom stereocenters. The Balaban J connectivity index is 1.25. The van der Waals surface area contributed by atoms with Gasteiger partial charge in [0.2, 0.25) is 5.91 Å². The van der Waals surface area contributed by atoms with Gasteiger partial charge in [0.15, 0.2) is 12.0 Å². The number of fused-ring (bicyclic) bond motifs is 4. The van der Waals surface area contributed by atoms with Crippen LogP contribution in [0.5, 0.6) is 0 Å². The van der Waals surface area contributed by atoms with Crippen molar-refractivity contribution in [2.75, 3.05) is 11.1 Å². The van der Waals surface area contributed by atoms with Crippen LogP contribution in [0.3, 0.4) is 0 Å². The smallest absolute Gasteiger partial charge is 0.227 e. The molecule has 1 amide bonds.